The Hall–Kier alpha value is -1.45. The van der Waals surface area contributed by atoms with E-state index < -0.39 is 16.8 Å². The second-order valence-corrected chi connectivity index (χ2v) is 1.93. The van der Waals surface area contributed by atoms with Crippen LogP contribution in [0.5, 0.6) is 0 Å². The Balaban J connectivity index is 2.83. The molecule has 4 nitrogen and oxygen atoms in total. The van der Waals surface area contributed by atoms with Gasteiger partial charge in [0.25, 0.3) is 0 Å². The van der Waals surface area contributed by atoms with Crippen LogP contribution in [-0.2, 0) is 11.2 Å². The number of aliphatic carboxylic acids is 1. The Morgan fingerprint density at radius 3 is 2.40 bits per heavy atom. The van der Waals surface area contributed by atoms with Gasteiger partial charge in [0.2, 0.25) is 10.9 Å². The van der Waals surface area contributed by atoms with Gasteiger partial charge in [0.15, 0.2) is 0 Å². The lowest BCUT2D eigenvalue weighted by atomic mass is 10.1. The molecule has 4 heteroatoms. The molecule has 0 spiro atoms. The van der Waals surface area contributed by atoms with Crippen LogP contribution in [0.1, 0.15) is 5.56 Å². The highest BCUT2D eigenvalue weighted by Gasteiger charge is 2.11. The molecule has 0 radical (unpaired) electrons. The second kappa shape index (κ2) is 2.06. The van der Waals surface area contributed by atoms with E-state index in [2.05, 4.69) is 0 Å². The maximum absolute atomic E-state index is 10.4. The van der Waals surface area contributed by atoms with Gasteiger partial charge in [0, 0.05) is 5.56 Å². The van der Waals surface area contributed by atoms with Crippen molar-refractivity contribution in [3.63, 3.8) is 0 Å². The molecule has 0 unspecified atom stereocenters. The molecular formula is C6H4O4. The summed E-state index contributed by atoms with van der Waals surface area (Å²) in [5, 5.41) is 8.15. The molecule has 0 saturated carbocycles. The van der Waals surface area contributed by atoms with Crippen LogP contribution in [0.2, 0.25) is 0 Å². The summed E-state index contributed by atoms with van der Waals surface area (Å²) in [7, 11) is 0. The number of hydrogen-bond donors (Lipinski definition) is 1. The van der Waals surface area contributed by atoms with Gasteiger partial charge in [-0.05, 0) is 6.07 Å². The van der Waals surface area contributed by atoms with Crippen LogP contribution >= 0.6 is 0 Å². The first-order valence-corrected chi connectivity index (χ1v) is 2.62. The van der Waals surface area contributed by atoms with Crippen LogP contribution in [-0.4, -0.2) is 11.1 Å². The molecule has 0 bridgehead atoms. The Morgan fingerprint density at radius 2 is 2.10 bits per heavy atom. The van der Waals surface area contributed by atoms with Gasteiger partial charge in [-0.25, -0.2) is 0 Å². The third-order valence-electron chi connectivity index (χ3n) is 1.16. The van der Waals surface area contributed by atoms with Crippen LogP contribution < -0.4 is 10.9 Å². The fourth-order valence-corrected chi connectivity index (χ4v) is 0.664. The van der Waals surface area contributed by atoms with Crippen LogP contribution in [0.15, 0.2) is 15.7 Å². The highest BCUT2D eigenvalue weighted by atomic mass is 16.4. The third-order valence-corrected chi connectivity index (χ3v) is 1.16. The van der Waals surface area contributed by atoms with E-state index in [0.29, 0.717) is 0 Å². The summed E-state index contributed by atoms with van der Waals surface area (Å²) in [4.78, 5) is 30.6. The fraction of sp³-hybridized carbons (Fsp3) is 0.167. The summed E-state index contributed by atoms with van der Waals surface area (Å²) in [6.45, 7) is 0. The number of rotatable bonds is 2. The van der Waals surface area contributed by atoms with E-state index in [0.717, 1.165) is 6.07 Å². The lowest BCUT2D eigenvalue weighted by Gasteiger charge is -1.93. The molecule has 52 valence electrons. The molecule has 1 aromatic rings. The molecule has 0 heterocycles. The number of hydrogen-bond acceptors (Lipinski definition) is 3. The summed E-state index contributed by atoms with van der Waals surface area (Å²) >= 11 is 0. The van der Waals surface area contributed by atoms with Gasteiger partial charge < -0.3 is 5.11 Å². The van der Waals surface area contributed by atoms with Gasteiger partial charge in [-0.3, -0.25) is 14.4 Å². The highest BCUT2D eigenvalue weighted by molar-refractivity contribution is 5.70. The van der Waals surface area contributed by atoms with Crippen LogP contribution in [0.25, 0.3) is 0 Å². The molecule has 1 rings (SSSR count). The minimum absolute atomic E-state index is 0.0949. The van der Waals surface area contributed by atoms with Crippen molar-refractivity contribution in [2.24, 2.45) is 0 Å². The Bertz CT molecular complexity index is 329. The van der Waals surface area contributed by atoms with Gasteiger partial charge in [-0.15, -0.1) is 0 Å². The molecule has 0 aliphatic carbocycles. The smallest absolute Gasteiger partial charge is 0.307 e. The molecule has 0 aliphatic heterocycles. The lowest BCUT2D eigenvalue weighted by molar-refractivity contribution is -0.136. The zero-order chi connectivity index (χ0) is 7.72. The molecule has 0 amide bonds. The predicted molar refractivity (Wildman–Crippen MR) is 32.7 cm³/mol. The van der Waals surface area contributed by atoms with Crippen LogP contribution in [0.4, 0.5) is 0 Å². The topological polar surface area (TPSA) is 71.4 Å². The second-order valence-electron chi connectivity index (χ2n) is 1.93. The fourth-order valence-electron chi connectivity index (χ4n) is 0.664. The van der Waals surface area contributed by atoms with E-state index in [-0.39, 0.29) is 12.0 Å². The Labute approximate surface area is 55.4 Å². The van der Waals surface area contributed by atoms with Crippen LogP contribution in [0, 0.1) is 0 Å². The average molecular weight is 140 g/mol. The average Bonchev–Trinajstić information content (AvgIpc) is 1.86. The predicted octanol–water partition coefficient (Wildman–Crippen LogP) is -1.09. The van der Waals surface area contributed by atoms with Gasteiger partial charge in [-0.2, -0.15) is 0 Å². The molecule has 10 heavy (non-hydrogen) atoms. The van der Waals surface area contributed by atoms with Crippen LogP contribution in [0.3, 0.4) is 0 Å². The SMILES string of the molecule is O=C(O)Cc1cc(=O)c1=O. The molecule has 0 aliphatic rings. The summed E-state index contributed by atoms with van der Waals surface area (Å²) in [6, 6.07) is 1.05. The van der Waals surface area contributed by atoms with Gasteiger partial charge in [0.05, 0.1) is 6.42 Å². The molecule has 0 fully saturated rings. The maximum Gasteiger partial charge on any atom is 0.307 e. The summed E-state index contributed by atoms with van der Waals surface area (Å²) in [5.41, 5.74) is -1.17. The highest BCUT2D eigenvalue weighted by Crippen LogP contribution is 1.88. The van der Waals surface area contributed by atoms with Crippen molar-refractivity contribution in [1.82, 2.24) is 0 Å². The third kappa shape index (κ3) is 0.953. The first kappa shape index (κ1) is 6.67. The first-order valence-electron chi connectivity index (χ1n) is 2.62. The van der Waals surface area contributed by atoms with Crippen molar-refractivity contribution in [2.45, 2.75) is 6.42 Å². The monoisotopic (exact) mass is 140 g/mol. The van der Waals surface area contributed by atoms with Crippen molar-refractivity contribution in [2.75, 3.05) is 0 Å². The molecule has 0 atom stereocenters. The Morgan fingerprint density at radius 1 is 1.50 bits per heavy atom. The van der Waals surface area contributed by atoms with Crippen molar-refractivity contribution < 1.29 is 9.90 Å². The zero-order valence-corrected chi connectivity index (χ0v) is 4.96. The molecule has 1 aromatic carbocycles. The lowest BCUT2D eigenvalue weighted by Crippen LogP contribution is -2.34. The van der Waals surface area contributed by atoms with Gasteiger partial charge in [0.1, 0.15) is 0 Å². The largest absolute Gasteiger partial charge is 0.481 e. The minimum atomic E-state index is -1.09. The van der Waals surface area contributed by atoms with Crippen molar-refractivity contribution >= 4 is 5.97 Å². The van der Waals surface area contributed by atoms with Gasteiger partial charge >= 0.3 is 5.97 Å². The Kier molecular flexibility index (Phi) is 1.37. The number of carboxylic acid groups (broad SMARTS) is 1. The van der Waals surface area contributed by atoms with Crippen molar-refractivity contribution in [3.05, 3.63) is 32.1 Å². The first-order chi connectivity index (χ1) is 4.61. The van der Waals surface area contributed by atoms with E-state index >= 15 is 0 Å². The van der Waals surface area contributed by atoms with E-state index in [1.807, 2.05) is 0 Å². The maximum atomic E-state index is 10.4. The van der Waals surface area contributed by atoms with Crippen molar-refractivity contribution in [3.8, 4) is 0 Å². The molecule has 1 N–H and O–H groups in total. The van der Waals surface area contributed by atoms with E-state index in [1.165, 1.54) is 0 Å². The summed E-state index contributed by atoms with van der Waals surface area (Å²) in [6.07, 6.45) is -0.343. The van der Waals surface area contributed by atoms with Gasteiger partial charge in [-0.1, -0.05) is 0 Å². The quantitative estimate of drug-likeness (QED) is 0.530. The van der Waals surface area contributed by atoms with Crippen molar-refractivity contribution in [1.29, 1.82) is 0 Å². The summed E-state index contributed by atoms with van der Waals surface area (Å²) < 4.78 is 0. The molecule has 0 aromatic heterocycles. The molecule has 0 saturated heterocycles. The summed E-state index contributed by atoms with van der Waals surface area (Å²) in [5.74, 6) is -1.09. The minimum Gasteiger partial charge on any atom is -0.481 e. The number of carboxylic acids is 1. The standard InChI is InChI=1S/C6H4O4/c7-4-1-3(6(4)10)2-5(8)9/h1H,2H2,(H,8,9). The normalized spacial score (nSPS) is 10.0. The zero-order valence-electron chi connectivity index (χ0n) is 4.96. The number of carbonyl (C=O) groups is 1. The molecular weight excluding hydrogens is 136 g/mol. The van der Waals surface area contributed by atoms with E-state index in [1.54, 1.807) is 0 Å². The van der Waals surface area contributed by atoms with E-state index in [9.17, 15) is 14.4 Å². The van der Waals surface area contributed by atoms with E-state index in [4.69, 9.17) is 5.11 Å².